The lowest BCUT2D eigenvalue weighted by Gasteiger charge is -2.09. The van der Waals surface area contributed by atoms with E-state index >= 15 is 0 Å². The van der Waals surface area contributed by atoms with E-state index in [4.69, 9.17) is 9.47 Å². The van der Waals surface area contributed by atoms with E-state index in [1.807, 2.05) is 12.1 Å². The molecular formula is C17H15BrO4S. The first kappa shape index (κ1) is 17.4. The first-order valence-electron chi connectivity index (χ1n) is 6.77. The molecule has 0 radical (unpaired) electrons. The van der Waals surface area contributed by atoms with Crippen molar-refractivity contribution in [3.63, 3.8) is 0 Å². The monoisotopic (exact) mass is 394 g/mol. The van der Waals surface area contributed by atoms with Crippen LogP contribution in [0.1, 0.15) is 27.7 Å². The number of hydrogen-bond donors (Lipinski definition) is 0. The van der Waals surface area contributed by atoms with Gasteiger partial charge in [0.15, 0.2) is 5.78 Å². The number of hydrogen-bond acceptors (Lipinski definition) is 5. The highest BCUT2D eigenvalue weighted by atomic mass is 79.9. The molecule has 0 spiro atoms. The second kappa shape index (κ2) is 8.08. The molecule has 0 aliphatic heterocycles. The maximum atomic E-state index is 11.8. The zero-order chi connectivity index (χ0) is 16.8. The van der Waals surface area contributed by atoms with E-state index < -0.39 is 5.97 Å². The van der Waals surface area contributed by atoms with Gasteiger partial charge >= 0.3 is 5.97 Å². The van der Waals surface area contributed by atoms with Crippen molar-refractivity contribution in [2.45, 2.75) is 13.5 Å². The van der Waals surface area contributed by atoms with Crippen LogP contribution in [0, 0.1) is 0 Å². The summed E-state index contributed by atoms with van der Waals surface area (Å²) in [4.78, 5) is 24.2. The van der Waals surface area contributed by atoms with Crippen molar-refractivity contribution in [1.29, 1.82) is 0 Å². The van der Waals surface area contributed by atoms with Crippen molar-refractivity contribution >= 4 is 45.1 Å². The van der Waals surface area contributed by atoms with E-state index in [2.05, 4.69) is 15.9 Å². The molecule has 0 saturated heterocycles. The van der Waals surface area contributed by atoms with Gasteiger partial charge in [-0.3, -0.25) is 4.79 Å². The Morgan fingerprint density at radius 3 is 2.65 bits per heavy atom. The van der Waals surface area contributed by atoms with Gasteiger partial charge in [-0.15, -0.1) is 11.3 Å². The summed E-state index contributed by atoms with van der Waals surface area (Å²) in [6, 6.07) is 8.86. The second-order valence-corrected chi connectivity index (χ2v) is 7.16. The first-order valence-corrected chi connectivity index (χ1v) is 8.38. The standard InChI is InChI=1S/C17H15BrO4S/c1-11(19)12-3-6-15(21-2)13(9-12)10-22-17(20)8-5-14-4-7-16(18)23-14/h3-9H,10H2,1-2H3/b8-5+. The van der Waals surface area contributed by atoms with Gasteiger partial charge in [0.25, 0.3) is 0 Å². The van der Waals surface area contributed by atoms with Gasteiger partial charge in [0.1, 0.15) is 12.4 Å². The van der Waals surface area contributed by atoms with E-state index in [0.717, 1.165) is 8.66 Å². The van der Waals surface area contributed by atoms with Crippen molar-refractivity contribution in [2.75, 3.05) is 7.11 Å². The number of thiophene rings is 1. The summed E-state index contributed by atoms with van der Waals surface area (Å²) in [7, 11) is 1.53. The predicted octanol–water partition coefficient (Wildman–Crippen LogP) is 4.48. The van der Waals surface area contributed by atoms with Crippen LogP contribution in [0.4, 0.5) is 0 Å². The summed E-state index contributed by atoms with van der Waals surface area (Å²) >= 11 is 4.88. The lowest BCUT2D eigenvalue weighted by molar-refractivity contribution is -0.138. The summed E-state index contributed by atoms with van der Waals surface area (Å²) < 4.78 is 11.4. The van der Waals surface area contributed by atoms with Gasteiger partial charge in [-0.05, 0) is 59.3 Å². The largest absolute Gasteiger partial charge is 0.496 e. The van der Waals surface area contributed by atoms with Crippen LogP contribution in [0.15, 0.2) is 40.2 Å². The van der Waals surface area contributed by atoms with Gasteiger partial charge in [0.05, 0.1) is 10.9 Å². The number of benzene rings is 1. The highest BCUT2D eigenvalue weighted by Crippen LogP contribution is 2.23. The minimum atomic E-state index is -0.454. The minimum Gasteiger partial charge on any atom is -0.496 e. The van der Waals surface area contributed by atoms with Crippen LogP contribution >= 0.6 is 27.3 Å². The number of esters is 1. The molecule has 0 bridgehead atoms. The summed E-state index contributed by atoms with van der Waals surface area (Å²) in [6.07, 6.45) is 3.07. The fourth-order valence-corrected chi connectivity index (χ4v) is 3.20. The molecule has 2 aromatic rings. The second-order valence-electron chi connectivity index (χ2n) is 4.67. The van der Waals surface area contributed by atoms with Crippen molar-refractivity contribution in [1.82, 2.24) is 0 Å². The predicted molar refractivity (Wildman–Crippen MR) is 93.8 cm³/mol. The third-order valence-corrected chi connectivity index (χ3v) is 4.62. The Balaban J connectivity index is 2.02. The number of carbonyl (C=O) groups is 2. The van der Waals surface area contributed by atoms with Crippen molar-refractivity contribution in [3.8, 4) is 5.75 Å². The average Bonchev–Trinajstić information content (AvgIpc) is 2.96. The molecule has 0 amide bonds. The van der Waals surface area contributed by atoms with Crippen molar-refractivity contribution in [2.24, 2.45) is 0 Å². The molecule has 0 aliphatic carbocycles. The van der Waals surface area contributed by atoms with Crippen molar-refractivity contribution in [3.05, 3.63) is 56.2 Å². The molecule has 23 heavy (non-hydrogen) atoms. The van der Waals surface area contributed by atoms with Crippen LogP contribution in [0.25, 0.3) is 6.08 Å². The third-order valence-electron chi connectivity index (χ3n) is 3.03. The zero-order valence-electron chi connectivity index (χ0n) is 12.7. The molecule has 2 rings (SSSR count). The maximum Gasteiger partial charge on any atom is 0.331 e. The van der Waals surface area contributed by atoms with Crippen LogP contribution in [-0.2, 0) is 16.1 Å². The summed E-state index contributed by atoms with van der Waals surface area (Å²) in [5.41, 5.74) is 1.21. The Morgan fingerprint density at radius 2 is 2.04 bits per heavy atom. The molecule has 120 valence electrons. The number of ketones is 1. The number of ether oxygens (including phenoxy) is 2. The van der Waals surface area contributed by atoms with Gasteiger partial charge < -0.3 is 9.47 Å². The topological polar surface area (TPSA) is 52.6 Å². The van der Waals surface area contributed by atoms with E-state index in [1.165, 1.54) is 31.4 Å². The molecule has 1 aromatic heterocycles. The van der Waals surface area contributed by atoms with E-state index in [9.17, 15) is 9.59 Å². The molecule has 0 N–H and O–H groups in total. The Labute approximate surface area is 146 Å². The Morgan fingerprint density at radius 1 is 1.26 bits per heavy atom. The normalized spacial score (nSPS) is 10.7. The van der Waals surface area contributed by atoms with Crippen molar-refractivity contribution < 1.29 is 19.1 Å². The molecule has 0 fully saturated rings. The maximum absolute atomic E-state index is 11.8. The molecule has 0 unspecified atom stereocenters. The van der Waals surface area contributed by atoms with Gasteiger partial charge in [-0.25, -0.2) is 4.79 Å². The van der Waals surface area contributed by atoms with E-state index in [-0.39, 0.29) is 12.4 Å². The zero-order valence-corrected chi connectivity index (χ0v) is 15.1. The fourth-order valence-electron chi connectivity index (χ4n) is 1.88. The lowest BCUT2D eigenvalue weighted by atomic mass is 10.1. The smallest absolute Gasteiger partial charge is 0.331 e. The van der Waals surface area contributed by atoms with Gasteiger partial charge in [-0.1, -0.05) is 0 Å². The average molecular weight is 395 g/mol. The number of carbonyl (C=O) groups excluding carboxylic acids is 2. The van der Waals surface area contributed by atoms with Crippen LogP contribution in [0.3, 0.4) is 0 Å². The molecule has 0 atom stereocenters. The van der Waals surface area contributed by atoms with Crippen LogP contribution in [0.5, 0.6) is 5.75 Å². The summed E-state index contributed by atoms with van der Waals surface area (Å²) in [5, 5.41) is 0. The van der Waals surface area contributed by atoms with Gasteiger partial charge in [0, 0.05) is 22.1 Å². The third kappa shape index (κ3) is 5.04. The van der Waals surface area contributed by atoms with E-state index in [1.54, 1.807) is 24.3 Å². The number of rotatable bonds is 6. The number of halogens is 1. The van der Waals surface area contributed by atoms with Crippen LogP contribution in [-0.4, -0.2) is 18.9 Å². The Bertz CT molecular complexity index is 749. The Hall–Kier alpha value is -1.92. The summed E-state index contributed by atoms with van der Waals surface area (Å²) in [6.45, 7) is 1.53. The van der Waals surface area contributed by atoms with Gasteiger partial charge in [0.2, 0.25) is 0 Å². The Kier molecular flexibility index (Phi) is 6.12. The number of methoxy groups -OCH3 is 1. The SMILES string of the molecule is COc1ccc(C(C)=O)cc1COC(=O)/C=C/c1ccc(Br)s1. The molecule has 4 nitrogen and oxygen atoms in total. The van der Waals surface area contributed by atoms with E-state index in [0.29, 0.717) is 16.9 Å². The highest BCUT2D eigenvalue weighted by Gasteiger charge is 2.09. The molecule has 1 heterocycles. The number of Topliss-reactive ketones (excluding diaryl/α,β-unsaturated/α-hetero) is 1. The van der Waals surface area contributed by atoms with Crippen LogP contribution in [0.2, 0.25) is 0 Å². The fraction of sp³-hybridized carbons (Fsp3) is 0.176. The first-order chi connectivity index (χ1) is 11.0. The minimum absolute atomic E-state index is 0.0433. The molecule has 1 aromatic carbocycles. The lowest BCUT2D eigenvalue weighted by Crippen LogP contribution is -2.04. The van der Waals surface area contributed by atoms with Crippen LogP contribution < -0.4 is 4.74 Å². The molecule has 0 saturated carbocycles. The van der Waals surface area contributed by atoms with Gasteiger partial charge in [-0.2, -0.15) is 0 Å². The molecular weight excluding hydrogens is 380 g/mol. The summed E-state index contributed by atoms with van der Waals surface area (Å²) in [5.74, 6) is 0.0715. The molecule has 0 aliphatic rings. The quantitative estimate of drug-likeness (QED) is 0.411. The molecule has 6 heteroatoms. The highest BCUT2D eigenvalue weighted by molar-refractivity contribution is 9.11.